The first-order chi connectivity index (χ1) is 15.6. The molecule has 1 aromatic heterocycles. The van der Waals surface area contributed by atoms with Gasteiger partial charge >= 0.3 is 5.97 Å². The Balaban J connectivity index is 1.63. The predicted octanol–water partition coefficient (Wildman–Crippen LogP) is 6.50. The Hall–Kier alpha value is -3.36. The Morgan fingerprint density at radius 1 is 1.06 bits per heavy atom. The second-order valence-corrected chi connectivity index (χ2v) is 9.52. The highest BCUT2D eigenvalue weighted by atomic mass is 32.2. The number of ether oxygens (including phenoxy) is 1. The van der Waals surface area contributed by atoms with Crippen LogP contribution in [0.1, 0.15) is 31.7 Å². The van der Waals surface area contributed by atoms with Gasteiger partial charge in [-0.25, -0.2) is 0 Å². The highest BCUT2D eigenvalue weighted by Crippen LogP contribution is 2.49. The van der Waals surface area contributed by atoms with Gasteiger partial charge in [0.1, 0.15) is 4.75 Å². The SMILES string of the molecule is CCOC(=O)C1(Sc2ccc3cncc(-c4ccc(C#N)c5ccccc45)c3c2)CCC1. The molecule has 4 nitrogen and oxygen atoms in total. The molecule has 0 atom stereocenters. The maximum Gasteiger partial charge on any atom is 0.322 e. The molecule has 32 heavy (non-hydrogen) atoms. The van der Waals surface area contributed by atoms with Crippen LogP contribution in [0.25, 0.3) is 32.7 Å². The number of aromatic nitrogens is 1. The average Bonchev–Trinajstić information content (AvgIpc) is 2.80. The molecule has 1 saturated carbocycles. The van der Waals surface area contributed by atoms with Crippen LogP contribution in [0.3, 0.4) is 0 Å². The second-order valence-electron chi connectivity index (χ2n) is 8.06. The molecule has 158 valence electrons. The second kappa shape index (κ2) is 8.29. The standard InChI is InChI=1S/C27H22N2O2S/c1-2-31-26(30)27(12-5-13-27)32-20-10-8-19-16-29-17-25(24(19)14-20)23-11-9-18(15-28)21-6-3-4-7-22(21)23/h3-4,6-11,14,16-17H,2,5,12-13H2,1H3. The number of benzene rings is 3. The van der Waals surface area contributed by atoms with Gasteiger partial charge in [-0.15, -0.1) is 11.8 Å². The van der Waals surface area contributed by atoms with Crippen molar-refractivity contribution in [2.45, 2.75) is 35.8 Å². The fraction of sp³-hybridized carbons (Fsp3) is 0.222. The largest absolute Gasteiger partial charge is 0.465 e. The van der Waals surface area contributed by atoms with Crippen molar-refractivity contribution in [1.29, 1.82) is 5.26 Å². The van der Waals surface area contributed by atoms with Gasteiger partial charge in [0.15, 0.2) is 0 Å². The van der Waals surface area contributed by atoms with Crippen molar-refractivity contribution >= 4 is 39.3 Å². The van der Waals surface area contributed by atoms with Crippen LogP contribution in [0.5, 0.6) is 0 Å². The molecule has 0 unspecified atom stereocenters. The lowest BCUT2D eigenvalue weighted by Crippen LogP contribution is -2.43. The monoisotopic (exact) mass is 438 g/mol. The number of hydrogen-bond donors (Lipinski definition) is 0. The smallest absolute Gasteiger partial charge is 0.322 e. The number of pyridine rings is 1. The van der Waals surface area contributed by atoms with Crippen molar-refractivity contribution in [3.05, 3.63) is 72.6 Å². The van der Waals surface area contributed by atoms with Crippen LogP contribution in [-0.4, -0.2) is 22.3 Å². The van der Waals surface area contributed by atoms with Crippen LogP contribution in [0.4, 0.5) is 0 Å². The zero-order valence-corrected chi connectivity index (χ0v) is 18.6. The molecule has 1 aliphatic rings. The normalized spacial score (nSPS) is 14.6. The zero-order valence-electron chi connectivity index (χ0n) is 17.8. The van der Waals surface area contributed by atoms with Crippen molar-refractivity contribution in [2.24, 2.45) is 0 Å². The van der Waals surface area contributed by atoms with E-state index in [2.05, 4.69) is 29.3 Å². The van der Waals surface area contributed by atoms with Crippen LogP contribution < -0.4 is 0 Å². The summed E-state index contributed by atoms with van der Waals surface area (Å²) in [6.07, 6.45) is 6.49. The fourth-order valence-electron chi connectivity index (χ4n) is 4.39. The minimum atomic E-state index is -0.474. The molecule has 0 N–H and O–H groups in total. The number of hydrogen-bond acceptors (Lipinski definition) is 5. The number of carbonyl (C=O) groups is 1. The minimum absolute atomic E-state index is 0.107. The molecule has 4 aromatic rings. The van der Waals surface area contributed by atoms with Gasteiger partial charge in [0.25, 0.3) is 0 Å². The summed E-state index contributed by atoms with van der Waals surface area (Å²) in [4.78, 5) is 18.2. The van der Waals surface area contributed by atoms with Crippen molar-refractivity contribution in [3.8, 4) is 17.2 Å². The molecule has 1 fully saturated rings. The van der Waals surface area contributed by atoms with E-state index in [1.54, 1.807) is 11.8 Å². The molecule has 3 aromatic carbocycles. The molecule has 1 aliphatic carbocycles. The molecule has 0 bridgehead atoms. The van der Waals surface area contributed by atoms with Gasteiger partial charge in [-0.05, 0) is 60.7 Å². The van der Waals surface area contributed by atoms with E-state index >= 15 is 0 Å². The van der Waals surface area contributed by atoms with E-state index in [0.717, 1.165) is 56.8 Å². The van der Waals surface area contributed by atoms with Gasteiger partial charge < -0.3 is 4.74 Å². The third-order valence-corrected chi connectivity index (χ3v) is 7.64. The Labute approximate surface area is 191 Å². The first-order valence-corrected chi connectivity index (χ1v) is 11.6. The van der Waals surface area contributed by atoms with E-state index in [-0.39, 0.29) is 5.97 Å². The third-order valence-electron chi connectivity index (χ3n) is 6.19. The third kappa shape index (κ3) is 3.41. The molecular weight excluding hydrogens is 416 g/mol. The van der Waals surface area contributed by atoms with E-state index in [1.807, 2.05) is 55.7 Å². The zero-order chi connectivity index (χ0) is 22.1. The lowest BCUT2D eigenvalue weighted by atomic mass is 9.84. The number of nitrogens with zero attached hydrogens (tertiary/aromatic N) is 2. The summed E-state index contributed by atoms with van der Waals surface area (Å²) in [7, 11) is 0. The fourth-order valence-corrected chi connectivity index (χ4v) is 5.79. The minimum Gasteiger partial charge on any atom is -0.465 e. The van der Waals surface area contributed by atoms with Crippen LogP contribution in [0.2, 0.25) is 0 Å². The summed E-state index contributed by atoms with van der Waals surface area (Å²) in [6.45, 7) is 2.26. The topological polar surface area (TPSA) is 63.0 Å². The summed E-state index contributed by atoms with van der Waals surface area (Å²) in [5.74, 6) is -0.107. The predicted molar refractivity (Wildman–Crippen MR) is 128 cm³/mol. The first kappa shape index (κ1) is 20.5. The van der Waals surface area contributed by atoms with Gasteiger partial charge in [-0.3, -0.25) is 9.78 Å². The number of thioether (sulfide) groups is 1. The Morgan fingerprint density at radius 3 is 2.59 bits per heavy atom. The van der Waals surface area contributed by atoms with E-state index in [4.69, 9.17) is 4.74 Å². The molecule has 5 heteroatoms. The Bertz CT molecular complexity index is 1390. The molecule has 5 rings (SSSR count). The lowest BCUT2D eigenvalue weighted by molar-refractivity contribution is -0.148. The van der Waals surface area contributed by atoms with Crippen LogP contribution in [0, 0.1) is 11.3 Å². The quantitative estimate of drug-likeness (QED) is 0.333. The van der Waals surface area contributed by atoms with E-state index in [9.17, 15) is 10.1 Å². The lowest BCUT2D eigenvalue weighted by Gasteiger charge is -2.38. The maximum atomic E-state index is 12.6. The molecule has 1 heterocycles. The van der Waals surface area contributed by atoms with E-state index in [0.29, 0.717) is 12.2 Å². The van der Waals surface area contributed by atoms with Gasteiger partial charge in [0.05, 0.1) is 18.2 Å². The van der Waals surface area contributed by atoms with Gasteiger partial charge in [-0.1, -0.05) is 36.4 Å². The highest BCUT2D eigenvalue weighted by Gasteiger charge is 2.46. The molecule has 0 aliphatic heterocycles. The number of fused-ring (bicyclic) bond motifs is 2. The molecule has 0 saturated heterocycles. The van der Waals surface area contributed by atoms with Crippen molar-refractivity contribution in [3.63, 3.8) is 0 Å². The van der Waals surface area contributed by atoms with Gasteiger partial charge in [0.2, 0.25) is 0 Å². The summed E-state index contributed by atoms with van der Waals surface area (Å²) in [6, 6.07) is 20.4. The first-order valence-electron chi connectivity index (χ1n) is 10.8. The average molecular weight is 439 g/mol. The summed E-state index contributed by atoms with van der Waals surface area (Å²) in [5, 5.41) is 13.6. The summed E-state index contributed by atoms with van der Waals surface area (Å²) in [5.41, 5.74) is 2.73. The molecule has 0 amide bonds. The highest BCUT2D eigenvalue weighted by molar-refractivity contribution is 8.01. The summed E-state index contributed by atoms with van der Waals surface area (Å²) < 4.78 is 4.90. The molecular formula is C27H22N2O2S. The summed E-state index contributed by atoms with van der Waals surface area (Å²) >= 11 is 1.62. The number of rotatable bonds is 5. The van der Waals surface area contributed by atoms with Gasteiger partial charge in [0, 0.05) is 33.6 Å². The maximum absolute atomic E-state index is 12.6. The molecule has 0 spiro atoms. The van der Waals surface area contributed by atoms with Crippen molar-refractivity contribution in [1.82, 2.24) is 4.98 Å². The van der Waals surface area contributed by atoms with Crippen LogP contribution in [-0.2, 0) is 9.53 Å². The van der Waals surface area contributed by atoms with E-state index < -0.39 is 4.75 Å². The van der Waals surface area contributed by atoms with Crippen molar-refractivity contribution < 1.29 is 9.53 Å². The van der Waals surface area contributed by atoms with Crippen LogP contribution >= 0.6 is 11.8 Å². The number of esters is 1. The Kier molecular flexibility index (Phi) is 5.32. The van der Waals surface area contributed by atoms with Gasteiger partial charge in [-0.2, -0.15) is 5.26 Å². The van der Waals surface area contributed by atoms with E-state index in [1.165, 1.54) is 0 Å². The molecule has 0 radical (unpaired) electrons. The number of nitriles is 1. The van der Waals surface area contributed by atoms with Crippen molar-refractivity contribution in [2.75, 3.05) is 6.61 Å². The van der Waals surface area contributed by atoms with Crippen LogP contribution in [0.15, 0.2) is 71.9 Å². The number of carbonyl (C=O) groups excluding carboxylic acids is 1. The Morgan fingerprint density at radius 2 is 1.88 bits per heavy atom.